The molecule has 6 nitrogen and oxygen atoms in total. The lowest BCUT2D eigenvalue weighted by molar-refractivity contribution is -0.142. The molecule has 116 valence electrons. The number of aryl methyl sites for hydroxylation is 1. The molecule has 1 aliphatic heterocycles. The van der Waals surface area contributed by atoms with Crippen molar-refractivity contribution in [2.24, 2.45) is 11.8 Å². The summed E-state index contributed by atoms with van der Waals surface area (Å²) >= 11 is 1.36. The minimum Gasteiger partial charge on any atom is -0.481 e. The minimum absolute atomic E-state index is 0.00595. The highest BCUT2D eigenvalue weighted by molar-refractivity contribution is 7.13. The van der Waals surface area contributed by atoms with Gasteiger partial charge in [0.1, 0.15) is 0 Å². The molecule has 7 heteroatoms. The summed E-state index contributed by atoms with van der Waals surface area (Å²) in [5.74, 6) is -1.14. The summed E-state index contributed by atoms with van der Waals surface area (Å²) in [4.78, 5) is 29.3. The molecule has 2 rings (SSSR count). The molecule has 1 saturated heterocycles. The smallest absolute Gasteiger partial charge is 0.308 e. The number of amides is 1. The third-order valence-electron chi connectivity index (χ3n) is 3.93. The zero-order chi connectivity index (χ0) is 15.4. The average molecular weight is 311 g/mol. The number of anilines is 1. The number of hydrogen-bond acceptors (Lipinski definition) is 5. The number of thiazole rings is 1. The van der Waals surface area contributed by atoms with E-state index < -0.39 is 11.9 Å². The highest BCUT2D eigenvalue weighted by Crippen LogP contribution is 2.28. The highest BCUT2D eigenvalue weighted by Gasteiger charge is 2.38. The average Bonchev–Trinajstić information content (AvgIpc) is 3.03. The molecule has 0 aliphatic carbocycles. The van der Waals surface area contributed by atoms with Crippen LogP contribution in [-0.2, 0) is 16.0 Å². The van der Waals surface area contributed by atoms with Crippen molar-refractivity contribution in [2.75, 3.05) is 18.8 Å². The SMILES string of the molecule is CCCC1CN(C(=O)CCc2csc(N)n2)CC1C(=O)O. The van der Waals surface area contributed by atoms with E-state index in [1.54, 1.807) is 4.90 Å². The second-order valence-electron chi connectivity index (χ2n) is 5.47. The van der Waals surface area contributed by atoms with Crippen LogP contribution < -0.4 is 5.73 Å². The van der Waals surface area contributed by atoms with Crippen LogP contribution in [0, 0.1) is 11.8 Å². The molecule has 0 spiro atoms. The Morgan fingerprint density at radius 3 is 2.86 bits per heavy atom. The van der Waals surface area contributed by atoms with Crippen LogP contribution in [0.15, 0.2) is 5.38 Å². The number of nitrogen functional groups attached to an aromatic ring is 1. The summed E-state index contributed by atoms with van der Waals surface area (Å²) in [7, 11) is 0. The van der Waals surface area contributed by atoms with Gasteiger partial charge in [-0.2, -0.15) is 0 Å². The topological polar surface area (TPSA) is 96.5 Å². The number of carbonyl (C=O) groups is 2. The second-order valence-corrected chi connectivity index (χ2v) is 6.36. The Balaban J connectivity index is 1.89. The Kier molecular flexibility index (Phi) is 5.17. The van der Waals surface area contributed by atoms with Gasteiger partial charge >= 0.3 is 5.97 Å². The number of likely N-dealkylation sites (tertiary alicyclic amines) is 1. The maximum atomic E-state index is 12.2. The van der Waals surface area contributed by atoms with Gasteiger partial charge in [-0.1, -0.05) is 13.3 Å². The van der Waals surface area contributed by atoms with Crippen LogP contribution in [0.2, 0.25) is 0 Å². The van der Waals surface area contributed by atoms with E-state index in [1.165, 1.54) is 11.3 Å². The molecule has 2 heterocycles. The molecule has 0 bridgehead atoms. The van der Waals surface area contributed by atoms with Gasteiger partial charge in [0.15, 0.2) is 5.13 Å². The summed E-state index contributed by atoms with van der Waals surface area (Å²) in [6.07, 6.45) is 2.70. The van der Waals surface area contributed by atoms with Crippen LogP contribution in [0.25, 0.3) is 0 Å². The van der Waals surface area contributed by atoms with E-state index in [2.05, 4.69) is 4.98 Å². The van der Waals surface area contributed by atoms with Crippen molar-refractivity contribution in [3.63, 3.8) is 0 Å². The lowest BCUT2D eigenvalue weighted by Crippen LogP contribution is -2.30. The lowest BCUT2D eigenvalue weighted by Gasteiger charge is -2.15. The molecule has 3 N–H and O–H groups in total. The van der Waals surface area contributed by atoms with E-state index in [9.17, 15) is 14.7 Å². The predicted molar refractivity (Wildman–Crippen MR) is 81.0 cm³/mol. The van der Waals surface area contributed by atoms with Gasteiger partial charge in [-0.3, -0.25) is 9.59 Å². The summed E-state index contributed by atoms with van der Waals surface area (Å²) < 4.78 is 0. The quantitative estimate of drug-likeness (QED) is 0.832. The Labute approximate surface area is 128 Å². The first-order valence-corrected chi connectivity index (χ1v) is 8.09. The van der Waals surface area contributed by atoms with Crippen LogP contribution in [0.5, 0.6) is 0 Å². The fraction of sp³-hybridized carbons (Fsp3) is 0.643. The van der Waals surface area contributed by atoms with Crippen molar-refractivity contribution in [3.05, 3.63) is 11.1 Å². The molecule has 1 aromatic heterocycles. The van der Waals surface area contributed by atoms with Gasteiger partial charge in [-0.25, -0.2) is 4.98 Å². The maximum Gasteiger partial charge on any atom is 0.308 e. The van der Waals surface area contributed by atoms with E-state index >= 15 is 0 Å². The molecule has 2 unspecified atom stereocenters. The fourth-order valence-corrected chi connectivity index (χ4v) is 3.45. The van der Waals surface area contributed by atoms with Gasteiger partial charge in [-0.05, 0) is 18.8 Å². The zero-order valence-electron chi connectivity index (χ0n) is 12.1. The van der Waals surface area contributed by atoms with Crippen LogP contribution in [0.3, 0.4) is 0 Å². The van der Waals surface area contributed by atoms with Crippen LogP contribution in [0.1, 0.15) is 31.9 Å². The van der Waals surface area contributed by atoms with Gasteiger partial charge in [0, 0.05) is 24.9 Å². The van der Waals surface area contributed by atoms with E-state index in [-0.39, 0.29) is 11.8 Å². The molecule has 21 heavy (non-hydrogen) atoms. The molecule has 1 fully saturated rings. The highest BCUT2D eigenvalue weighted by atomic mass is 32.1. The van der Waals surface area contributed by atoms with Crippen molar-refractivity contribution < 1.29 is 14.7 Å². The zero-order valence-corrected chi connectivity index (χ0v) is 12.9. The van der Waals surface area contributed by atoms with E-state index in [4.69, 9.17) is 5.73 Å². The lowest BCUT2D eigenvalue weighted by atomic mass is 9.92. The molecular weight excluding hydrogens is 290 g/mol. The number of rotatable bonds is 6. The monoisotopic (exact) mass is 311 g/mol. The number of aromatic nitrogens is 1. The summed E-state index contributed by atoms with van der Waals surface area (Å²) in [5, 5.41) is 11.6. The Morgan fingerprint density at radius 1 is 1.52 bits per heavy atom. The molecule has 0 saturated carbocycles. The van der Waals surface area contributed by atoms with E-state index in [1.807, 2.05) is 12.3 Å². The molecule has 1 amide bonds. The number of carbonyl (C=O) groups excluding carboxylic acids is 1. The third-order valence-corrected chi connectivity index (χ3v) is 4.66. The van der Waals surface area contributed by atoms with Crippen molar-refractivity contribution in [1.82, 2.24) is 9.88 Å². The van der Waals surface area contributed by atoms with Gasteiger partial charge in [0.25, 0.3) is 0 Å². The molecule has 1 aliphatic rings. The first kappa shape index (κ1) is 15.8. The van der Waals surface area contributed by atoms with Crippen LogP contribution >= 0.6 is 11.3 Å². The van der Waals surface area contributed by atoms with Crippen molar-refractivity contribution in [1.29, 1.82) is 0 Å². The number of carboxylic acids is 1. The first-order chi connectivity index (χ1) is 10.0. The normalized spacial score (nSPS) is 21.7. The number of nitrogens with two attached hydrogens (primary N) is 1. The van der Waals surface area contributed by atoms with Crippen LogP contribution in [0.4, 0.5) is 5.13 Å². The number of carboxylic acid groups (broad SMARTS) is 1. The molecule has 1 aromatic rings. The number of aliphatic carboxylic acids is 1. The predicted octanol–water partition coefficient (Wildman–Crippen LogP) is 1.62. The number of nitrogens with zero attached hydrogens (tertiary/aromatic N) is 2. The maximum absolute atomic E-state index is 12.2. The van der Waals surface area contributed by atoms with Gasteiger partial charge < -0.3 is 15.7 Å². The Hall–Kier alpha value is -1.63. The molecule has 0 radical (unpaired) electrons. The Morgan fingerprint density at radius 2 is 2.29 bits per heavy atom. The summed E-state index contributed by atoms with van der Waals surface area (Å²) in [6, 6.07) is 0. The third kappa shape index (κ3) is 3.93. The van der Waals surface area contributed by atoms with Crippen molar-refractivity contribution in [2.45, 2.75) is 32.6 Å². The Bertz CT molecular complexity index is 517. The standard InChI is InChI=1S/C14H21N3O3S/c1-2-3-9-6-17(7-11(9)13(19)20)12(18)5-4-10-8-21-14(15)16-10/h8-9,11H,2-7H2,1H3,(H2,15,16)(H,19,20). The second kappa shape index (κ2) is 6.89. The first-order valence-electron chi connectivity index (χ1n) is 7.21. The molecular formula is C14H21N3O3S. The van der Waals surface area contributed by atoms with E-state index in [0.29, 0.717) is 31.1 Å². The van der Waals surface area contributed by atoms with Gasteiger partial charge in [0.05, 0.1) is 11.6 Å². The van der Waals surface area contributed by atoms with E-state index in [0.717, 1.165) is 18.5 Å². The molecule has 0 aromatic carbocycles. The van der Waals surface area contributed by atoms with Crippen molar-refractivity contribution >= 4 is 28.3 Å². The number of hydrogen-bond donors (Lipinski definition) is 2. The minimum atomic E-state index is -0.795. The van der Waals surface area contributed by atoms with Gasteiger partial charge in [0.2, 0.25) is 5.91 Å². The summed E-state index contributed by atoms with van der Waals surface area (Å²) in [6.45, 7) is 2.93. The molecule has 2 atom stereocenters. The van der Waals surface area contributed by atoms with Crippen LogP contribution in [-0.4, -0.2) is 40.0 Å². The summed E-state index contributed by atoms with van der Waals surface area (Å²) in [5.41, 5.74) is 6.38. The largest absolute Gasteiger partial charge is 0.481 e. The van der Waals surface area contributed by atoms with Crippen molar-refractivity contribution in [3.8, 4) is 0 Å². The van der Waals surface area contributed by atoms with Gasteiger partial charge in [-0.15, -0.1) is 11.3 Å². The fourth-order valence-electron chi connectivity index (χ4n) is 2.85.